The van der Waals surface area contributed by atoms with Gasteiger partial charge in [-0.15, -0.1) is 0 Å². The van der Waals surface area contributed by atoms with Gasteiger partial charge in [-0.3, -0.25) is 4.98 Å². The van der Waals surface area contributed by atoms with Gasteiger partial charge in [0.25, 0.3) is 0 Å². The molecule has 0 amide bonds. The summed E-state index contributed by atoms with van der Waals surface area (Å²) < 4.78 is 45.1. The van der Waals surface area contributed by atoms with E-state index in [4.69, 9.17) is 4.74 Å². The lowest BCUT2D eigenvalue weighted by Gasteiger charge is -2.32. The first-order valence-corrected chi connectivity index (χ1v) is 9.01. The summed E-state index contributed by atoms with van der Waals surface area (Å²) in [6, 6.07) is 5.28. The van der Waals surface area contributed by atoms with E-state index in [9.17, 15) is 13.2 Å². The molecule has 0 aliphatic heterocycles. The lowest BCUT2D eigenvalue weighted by molar-refractivity contribution is -0.137. The predicted molar refractivity (Wildman–Crippen MR) is 92.6 cm³/mol. The molecule has 1 saturated carbocycles. The van der Waals surface area contributed by atoms with Crippen LogP contribution in [0, 0.1) is 11.8 Å². The Balaban J connectivity index is 1.78. The normalized spacial score (nSPS) is 22.8. The first-order valence-electron chi connectivity index (χ1n) is 9.01. The molecule has 1 aliphatic carbocycles. The maximum atomic E-state index is 13.0. The molecule has 0 radical (unpaired) electrons. The number of nitrogens with zero attached hydrogens (tertiary/aromatic N) is 1. The Morgan fingerprint density at radius 2 is 1.88 bits per heavy atom. The van der Waals surface area contributed by atoms with Gasteiger partial charge in [0.1, 0.15) is 5.75 Å². The third-order valence-electron chi connectivity index (χ3n) is 5.49. The molecule has 1 aliphatic rings. The quantitative estimate of drug-likeness (QED) is 0.651. The zero-order valence-electron chi connectivity index (χ0n) is 14.6. The van der Waals surface area contributed by atoms with Crippen molar-refractivity contribution in [1.29, 1.82) is 0 Å². The minimum atomic E-state index is -4.37. The fourth-order valence-electron chi connectivity index (χ4n) is 3.69. The smallest absolute Gasteiger partial charge is 0.416 e. The van der Waals surface area contributed by atoms with Crippen LogP contribution in [0.3, 0.4) is 0 Å². The molecular formula is C20H24F3NO. The Kier molecular flexibility index (Phi) is 5.21. The number of alkyl halides is 3. The van der Waals surface area contributed by atoms with Gasteiger partial charge in [0.05, 0.1) is 17.2 Å². The fourth-order valence-corrected chi connectivity index (χ4v) is 3.69. The van der Waals surface area contributed by atoms with E-state index in [2.05, 4.69) is 18.8 Å². The second kappa shape index (κ2) is 7.22. The maximum Gasteiger partial charge on any atom is 0.416 e. The van der Waals surface area contributed by atoms with Crippen LogP contribution >= 0.6 is 0 Å². The van der Waals surface area contributed by atoms with E-state index >= 15 is 0 Å². The van der Waals surface area contributed by atoms with Gasteiger partial charge in [0.2, 0.25) is 0 Å². The number of benzene rings is 1. The lowest BCUT2D eigenvalue weighted by Crippen LogP contribution is -2.27. The van der Waals surface area contributed by atoms with Gasteiger partial charge in [-0.25, -0.2) is 0 Å². The molecule has 1 unspecified atom stereocenters. The van der Waals surface area contributed by atoms with Gasteiger partial charge >= 0.3 is 6.18 Å². The number of ether oxygens (including phenoxy) is 1. The molecule has 0 saturated heterocycles. The van der Waals surface area contributed by atoms with Crippen molar-refractivity contribution in [3.05, 3.63) is 36.0 Å². The van der Waals surface area contributed by atoms with E-state index in [1.807, 2.05) is 0 Å². The van der Waals surface area contributed by atoms with Gasteiger partial charge in [-0.1, -0.05) is 20.3 Å². The van der Waals surface area contributed by atoms with Crippen molar-refractivity contribution in [2.24, 2.45) is 11.8 Å². The molecule has 2 aromatic rings. The molecule has 1 aromatic carbocycles. The molecule has 1 heterocycles. The van der Waals surface area contributed by atoms with Crippen LogP contribution in [-0.2, 0) is 6.18 Å². The topological polar surface area (TPSA) is 22.1 Å². The lowest BCUT2D eigenvalue weighted by atomic mass is 9.79. The summed E-state index contributed by atoms with van der Waals surface area (Å²) >= 11 is 0. The summed E-state index contributed by atoms with van der Waals surface area (Å²) in [4.78, 5) is 4.16. The van der Waals surface area contributed by atoms with Gasteiger partial charge < -0.3 is 4.74 Å². The number of fused-ring (bicyclic) bond motifs is 1. The van der Waals surface area contributed by atoms with Crippen LogP contribution in [0.4, 0.5) is 13.2 Å². The molecule has 0 bridgehead atoms. The number of hydrogen-bond acceptors (Lipinski definition) is 2. The Bertz CT molecular complexity index is 720. The summed E-state index contributed by atoms with van der Waals surface area (Å²) in [7, 11) is 0. The van der Waals surface area contributed by atoms with Gasteiger partial charge in [-0.2, -0.15) is 13.2 Å². The van der Waals surface area contributed by atoms with Gasteiger partial charge in [0, 0.05) is 11.6 Å². The molecule has 3 rings (SSSR count). The van der Waals surface area contributed by atoms with E-state index in [-0.39, 0.29) is 6.10 Å². The van der Waals surface area contributed by atoms with Crippen LogP contribution in [0.2, 0.25) is 0 Å². The predicted octanol–water partition coefficient (Wildman–Crippen LogP) is 6.24. The van der Waals surface area contributed by atoms with E-state index in [1.54, 1.807) is 12.3 Å². The van der Waals surface area contributed by atoms with Crippen molar-refractivity contribution in [2.45, 2.75) is 58.2 Å². The average molecular weight is 351 g/mol. The largest absolute Gasteiger partial charge is 0.490 e. The van der Waals surface area contributed by atoms with Crippen LogP contribution in [0.1, 0.15) is 51.5 Å². The zero-order chi connectivity index (χ0) is 18.0. The Labute approximate surface area is 146 Å². The number of pyridine rings is 1. The molecule has 1 fully saturated rings. The summed E-state index contributed by atoms with van der Waals surface area (Å²) in [5, 5.41) is 0.432. The summed E-state index contributed by atoms with van der Waals surface area (Å²) in [6.45, 7) is 4.51. The van der Waals surface area contributed by atoms with Crippen molar-refractivity contribution in [1.82, 2.24) is 4.98 Å². The van der Waals surface area contributed by atoms with Crippen molar-refractivity contribution in [3.63, 3.8) is 0 Å². The highest BCUT2D eigenvalue weighted by Crippen LogP contribution is 2.37. The van der Waals surface area contributed by atoms with Crippen LogP contribution < -0.4 is 4.74 Å². The minimum absolute atomic E-state index is 0.0699. The number of hydrogen-bond donors (Lipinski definition) is 0. The summed E-state index contributed by atoms with van der Waals surface area (Å²) in [6.07, 6.45) is 2.64. The number of aromatic nitrogens is 1. The highest BCUT2D eigenvalue weighted by molar-refractivity contribution is 5.85. The first-order chi connectivity index (χ1) is 11.9. The molecular weight excluding hydrogens is 327 g/mol. The maximum absolute atomic E-state index is 13.0. The van der Waals surface area contributed by atoms with Gasteiger partial charge in [0.15, 0.2) is 0 Å². The molecule has 2 nitrogen and oxygen atoms in total. The number of halogens is 3. The molecule has 0 spiro atoms. The van der Waals surface area contributed by atoms with Gasteiger partial charge in [-0.05, 0) is 61.8 Å². The van der Waals surface area contributed by atoms with E-state index in [1.165, 1.54) is 12.5 Å². The fraction of sp³-hybridized carbons (Fsp3) is 0.550. The number of rotatable bonds is 4. The third kappa shape index (κ3) is 4.07. The van der Waals surface area contributed by atoms with Crippen molar-refractivity contribution in [2.75, 3.05) is 0 Å². The molecule has 0 N–H and O–H groups in total. The van der Waals surface area contributed by atoms with Crippen molar-refractivity contribution < 1.29 is 17.9 Å². The standard InChI is InChI=1S/C20H24F3NO/c1-3-13(2)14-4-7-16(8-5-14)25-19-10-11-24-18-9-6-15(12-17(18)19)20(21,22)23/h6,9-14,16H,3-5,7-8H2,1-2H3/t13?,14-,16+. The summed E-state index contributed by atoms with van der Waals surface area (Å²) in [5.74, 6) is 1.95. The zero-order valence-corrected chi connectivity index (χ0v) is 14.6. The van der Waals surface area contributed by atoms with E-state index in [0.717, 1.165) is 49.7 Å². The summed E-state index contributed by atoms with van der Waals surface area (Å²) in [5.41, 5.74) is -0.142. The molecule has 25 heavy (non-hydrogen) atoms. The van der Waals surface area contributed by atoms with Crippen molar-refractivity contribution in [3.8, 4) is 5.75 Å². The van der Waals surface area contributed by atoms with Crippen LogP contribution in [0.5, 0.6) is 5.75 Å². The van der Waals surface area contributed by atoms with Crippen LogP contribution in [0.25, 0.3) is 10.9 Å². The van der Waals surface area contributed by atoms with E-state index in [0.29, 0.717) is 16.7 Å². The monoisotopic (exact) mass is 351 g/mol. The minimum Gasteiger partial charge on any atom is -0.490 e. The molecule has 1 aromatic heterocycles. The Morgan fingerprint density at radius 3 is 2.52 bits per heavy atom. The van der Waals surface area contributed by atoms with Crippen LogP contribution in [0.15, 0.2) is 30.5 Å². The SMILES string of the molecule is CCC(C)[C@H]1CC[C@@H](Oc2ccnc3ccc(C(F)(F)F)cc23)CC1. The second-order valence-corrected chi connectivity index (χ2v) is 7.08. The highest BCUT2D eigenvalue weighted by Gasteiger charge is 2.31. The first kappa shape index (κ1) is 18.0. The molecule has 136 valence electrons. The third-order valence-corrected chi connectivity index (χ3v) is 5.49. The Morgan fingerprint density at radius 1 is 1.16 bits per heavy atom. The average Bonchev–Trinajstić information content (AvgIpc) is 2.61. The van der Waals surface area contributed by atoms with Crippen LogP contribution in [-0.4, -0.2) is 11.1 Å². The van der Waals surface area contributed by atoms with E-state index < -0.39 is 11.7 Å². The molecule has 1 atom stereocenters. The molecule has 5 heteroatoms. The Hall–Kier alpha value is -1.78. The second-order valence-electron chi connectivity index (χ2n) is 7.08. The van der Waals surface area contributed by atoms with Crippen molar-refractivity contribution >= 4 is 10.9 Å². The highest BCUT2D eigenvalue weighted by atomic mass is 19.4.